The fraction of sp³-hybridized carbons (Fsp3) is 0.211. The van der Waals surface area contributed by atoms with Gasteiger partial charge in [0.15, 0.2) is 6.61 Å². The summed E-state index contributed by atoms with van der Waals surface area (Å²) in [6.07, 6.45) is -0.0331. The molecule has 1 atom stereocenters. The Kier molecular flexibility index (Phi) is 5.61. The first-order valence-corrected chi connectivity index (χ1v) is 8.54. The summed E-state index contributed by atoms with van der Waals surface area (Å²) in [6.45, 7) is -0.0592. The van der Waals surface area contributed by atoms with E-state index in [0.29, 0.717) is 27.6 Å². The molecule has 1 unspecified atom stereocenters. The number of amides is 2. The van der Waals surface area contributed by atoms with Crippen molar-refractivity contribution in [3.05, 3.63) is 58.6 Å². The van der Waals surface area contributed by atoms with Gasteiger partial charge in [0.1, 0.15) is 5.75 Å². The number of ether oxygens (including phenoxy) is 2. The standard InChI is InChI=1S/C19H17ClN2O5/c1-26-18(24)9-14(11-2-5-13(20)6-3-11)22-19(25)12-4-7-16-15(8-12)21-17(23)10-27-16/h2-8,14H,9-10H2,1H3,(H,21,23)(H,22,25). The quantitative estimate of drug-likeness (QED) is 0.768. The van der Waals surface area contributed by atoms with Gasteiger partial charge in [-0.25, -0.2) is 0 Å². The Balaban J connectivity index is 1.81. The minimum atomic E-state index is -0.593. The summed E-state index contributed by atoms with van der Waals surface area (Å²) in [5, 5.41) is 6.02. The highest BCUT2D eigenvalue weighted by atomic mass is 35.5. The lowest BCUT2D eigenvalue weighted by Gasteiger charge is -2.20. The van der Waals surface area contributed by atoms with E-state index in [1.54, 1.807) is 36.4 Å². The number of fused-ring (bicyclic) bond motifs is 1. The van der Waals surface area contributed by atoms with Crippen LogP contribution in [0.5, 0.6) is 5.75 Å². The molecular formula is C19H17ClN2O5. The molecule has 140 valence electrons. The molecule has 0 saturated carbocycles. The zero-order chi connectivity index (χ0) is 19.4. The van der Waals surface area contributed by atoms with Crippen LogP contribution < -0.4 is 15.4 Å². The molecule has 0 aliphatic carbocycles. The number of hydrogen-bond acceptors (Lipinski definition) is 5. The van der Waals surface area contributed by atoms with Crippen molar-refractivity contribution in [1.29, 1.82) is 0 Å². The highest BCUT2D eigenvalue weighted by Crippen LogP contribution is 2.29. The largest absolute Gasteiger partial charge is 0.482 e. The minimum absolute atomic E-state index is 0.0331. The van der Waals surface area contributed by atoms with Crippen LogP contribution in [0.4, 0.5) is 5.69 Å². The molecule has 1 heterocycles. The molecule has 1 aliphatic rings. The zero-order valence-corrected chi connectivity index (χ0v) is 15.2. The number of carbonyl (C=O) groups is 3. The van der Waals surface area contributed by atoms with Crippen LogP contribution in [0.25, 0.3) is 0 Å². The topological polar surface area (TPSA) is 93.7 Å². The van der Waals surface area contributed by atoms with Gasteiger partial charge in [-0.1, -0.05) is 23.7 Å². The van der Waals surface area contributed by atoms with Crippen molar-refractivity contribution in [2.75, 3.05) is 19.0 Å². The van der Waals surface area contributed by atoms with Gasteiger partial charge in [0, 0.05) is 10.6 Å². The van der Waals surface area contributed by atoms with Crippen molar-refractivity contribution in [3.8, 4) is 5.75 Å². The first kappa shape index (κ1) is 18.7. The summed E-state index contributed by atoms with van der Waals surface area (Å²) in [5.41, 5.74) is 1.46. The fourth-order valence-corrected chi connectivity index (χ4v) is 2.79. The molecule has 0 aromatic heterocycles. The minimum Gasteiger partial charge on any atom is -0.482 e. The second-order valence-electron chi connectivity index (χ2n) is 5.91. The Morgan fingerprint density at radius 2 is 2.00 bits per heavy atom. The van der Waals surface area contributed by atoms with E-state index in [4.69, 9.17) is 21.1 Å². The molecule has 2 amide bonds. The molecule has 8 heteroatoms. The lowest BCUT2D eigenvalue weighted by molar-refractivity contribution is -0.141. The molecule has 2 N–H and O–H groups in total. The van der Waals surface area contributed by atoms with Gasteiger partial charge < -0.3 is 20.1 Å². The average Bonchev–Trinajstić information content (AvgIpc) is 2.67. The summed E-state index contributed by atoms with van der Waals surface area (Å²) in [4.78, 5) is 35.9. The van der Waals surface area contributed by atoms with E-state index in [9.17, 15) is 14.4 Å². The van der Waals surface area contributed by atoms with Gasteiger partial charge in [0.25, 0.3) is 11.8 Å². The van der Waals surface area contributed by atoms with Crippen molar-refractivity contribution in [3.63, 3.8) is 0 Å². The number of methoxy groups -OCH3 is 1. The van der Waals surface area contributed by atoms with E-state index in [1.165, 1.54) is 13.2 Å². The average molecular weight is 389 g/mol. The van der Waals surface area contributed by atoms with E-state index in [2.05, 4.69) is 10.6 Å². The molecule has 1 aliphatic heterocycles. The maximum atomic E-state index is 12.7. The van der Waals surface area contributed by atoms with Crippen LogP contribution >= 0.6 is 11.6 Å². The maximum absolute atomic E-state index is 12.7. The molecular weight excluding hydrogens is 372 g/mol. The Morgan fingerprint density at radius 3 is 2.70 bits per heavy atom. The van der Waals surface area contributed by atoms with Crippen LogP contribution in [0.15, 0.2) is 42.5 Å². The Labute approximate surface area is 160 Å². The van der Waals surface area contributed by atoms with Gasteiger partial charge in [0.05, 0.1) is 25.3 Å². The third-order valence-corrected chi connectivity index (χ3v) is 4.30. The number of rotatable bonds is 5. The fourth-order valence-electron chi connectivity index (χ4n) is 2.66. The summed E-state index contributed by atoms with van der Waals surface area (Å²) in [6, 6.07) is 11.0. The molecule has 3 rings (SSSR count). The van der Waals surface area contributed by atoms with Crippen molar-refractivity contribution in [2.45, 2.75) is 12.5 Å². The number of anilines is 1. The van der Waals surface area contributed by atoms with Gasteiger partial charge in [0.2, 0.25) is 0 Å². The van der Waals surface area contributed by atoms with E-state index in [0.717, 1.165) is 0 Å². The summed E-state index contributed by atoms with van der Waals surface area (Å²) >= 11 is 5.90. The smallest absolute Gasteiger partial charge is 0.307 e. The maximum Gasteiger partial charge on any atom is 0.307 e. The zero-order valence-electron chi connectivity index (χ0n) is 14.5. The van der Waals surface area contributed by atoms with Crippen LogP contribution in [-0.4, -0.2) is 31.5 Å². The Morgan fingerprint density at radius 1 is 1.26 bits per heavy atom. The molecule has 27 heavy (non-hydrogen) atoms. The Hall–Kier alpha value is -3.06. The highest BCUT2D eigenvalue weighted by Gasteiger charge is 2.22. The van der Waals surface area contributed by atoms with Crippen molar-refractivity contribution in [2.24, 2.45) is 0 Å². The van der Waals surface area contributed by atoms with Crippen molar-refractivity contribution < 1.29 is 23.9 Å². The number of esters is 1. The molecule has 0 fully saturated rings. The normalized spacial score (nSPS) is 13.6. The molecule has 0 radical (unpaired) electrons. The van der Waals surface area contributed by atoms with Gasteiger partial charge >= 0.3 is 5.97 Å². The molecule has 0 bridgehead atoms. The van der Waals surface area contributed by atoms with E-state index < -0.39 is 17.9 Å². The van der Waals surface area contributed by atoms with Crippen molar-refractivity contribution in [1.82, 2.24) is 5.32 Å². The highest BCUT2D eigenvalue weighted by molar-refractivity contribution is 6.30. The second-order valence-corrected chi connectivity index (χ2v) is 6.34. The first-order valence-electron chi connectivity index (χ1n) is 8.16. The van der Waals surface area contributed by atoms with E-state index in [1.807, 2.05) is 0 Å². The predicted molar refractivity (Wildman–Crippen MR) is 98.9 cm³/mol. The molecule has 2 aromatic rings. The van der Waals surface area contributed by atoms with Gasteiger partial charge in [-0.15, -0.1) is 0 Å². The third kappa shape index (κ3) is 4.57. The second kappa shape index (κ2) is 8.09. The molecule has 0 saturated heterocycles. The predicted octanol–water partition coefficient (Wildman–Crippen LogP) is 2.71. The molecule has 0 spiro atoms. The lowest BCUT2D eigenvalue weighted by atomic mass is 10.0. The number of nitrogens with one attached hydrogen (secondary N) is 2. The van der Waals surface area contributed by atoms with E-state index in [-0.39, 0.29) is 18.9 Å². The van der Waals surface area contributed by atoms with Gasteiger partial charge in [-0.05, 0) is 35.9 Å². The monoisotopic (exact) mass is 388 g/mol. The number of hydrogen-bond donors (Lipinski definition) is 2. The van der Waals surface area contributed by atoms with Crippen molar-refractivity contribution >= 4 is 35.1 Å². The Bertz CT molecular complexity index is 882. The van der Waals surface area contributed by atoms with Gasteiger partial charge in [-0.2, -0.15) is 0 Å². The van der Waals surface area contributed by atoms with E-state index >= 15 is 0 Å². The van der Waals surface area contributed by atoms with Crippen LogP contribution in [0.2, 0.25) is 5.02 Å². The number of carbonyl (C=O) groups excluding carboxylic acids is 3. The van der Waals surface area contributed by atoms with Crippen LogP contribution in [-0.2, 0) is 14.3 Å². The lowest BCUT2D eigenvalue weighted by Crippen LogP contribution is -2.31. The molecule has 2 aromatic carbocycles. The summed E-state index contributed by atoms with van der Waals surface area (Å²) < 4.78 is 10.0. The summed E-state index contributed by atoms with van der Waals surface area (Å²) in [5.74, 6) is -0.650. The first-order chi connectivity index (χ1) is 13.0. The van der Waals surface area contributed by atoms with Crippen LogP contribution in [0.3, 0.4) is 0 Å². The molecule has 7 nitrogen and oxygen atoms in total. The van der Waals surface area contributed by atoms with Gasteiger partial charge in [-0.3, -0.25) is 14.4 Å². The SMILES string of the molecule is COC(=O)CC(NC(=O)c1ccc2c(c1)NC(=O)CO2)c1ccc(Cl)cc1. The third-order valence-electron chi connectivity index (χ3n) is 4.05. The number of halogens is 1. The van der Waals surface area contributed by atoms with Crippen LogP contribution in [0.1, 0.15) is 28.4 Å². The summed E-state index contributed by atoms with van der Waals surface area (Å²) in [7, 11) is 1.29. The van der Waals surface area contributed by atoms with Crippen LogP contribution in [0, 0.1) is 0 Å². The number of benzene rings is 2.